The van der Waals surface area contributed by atoms with Crippen LogP contribution >= 0.6 is 0 Å². The molecule has 2 aliphatic rings. The van der Waals surface area contributed by atoms with Crippen molar-refractivity contribution in [3.8, 4) is 0 Å². The van der Waals surface area contributed by atoms with Crippen LogP contribution in [-0.4, -0.2) is 58.7 Å². The number of nitrogens with one attached hydrogen (secondary N) is 1. The summed E-state index contributed by atoms with van der Waals surface area (Å²) >= 11 is 0. The molecule has 1 amide bonds. The highest BCUT2D eigenvalue weighted by Crippen LogP contribution is 2.27. The number of Topliss-reactive ketones (excluding diaryl/α,β-unsaturated/α-hetero) is 1. The second-order valence-electron chi connectivity index (χ2n) is 9.79. The van der Waals surface area contributed by atoms with Crippen LogP contribution in [0.25, 0.3) is 10.9 Å². The van der Waals surface area contributed by atoms with Crippen molar-refractivity contribution in [2.75, 3.05) is 26.2 Å². The first-order valence-corrected chi connectivity index (χ1v) is 12.4. The molecule has 0 saturated carbocycles. The van der Waals surface area contributed by atoms with Gasteiger partial charge in [0, 0.05) is 41.5 Å². The molecule has 3 heterocycles. The largest absolute Gasteiger partial charge is 0.350 e. The number of piperidine rings is 1. The van der Waals surface area contributed by atoms with Gasteiger partial charge in [-0.3, -0.25) is 9.59 Å². The summed E-state index contributed by atoms with van der Waals surface area (Å²) in [5, 5.41) is 1.08. The molecule has 3 aromatic rings. The summed E-state index contributed by atoms with van der Waals surface area (Å²) in [5.41, 5.74) is 3.47. The maximum Gasteiger partial charge on any atom is 0.270 e. The molecule has 2 aromatic carbocycles. The smallest absolute Gasteiger partial charge is 0.270 e. The van der Waals surface area contributed by atoms with E-state index in [1.165, 1.54) is 12.1 Å². The van der Waals surface area contributed by atoms with Gasteiger partial charge in [0.05, 0.1) is 0 Å². The summed E-state index contributed by atoms with van der Waals surface area (Å²) in [5.74, 6) is -0.0790. The molecule has 2 fully saturated rings. The van der Waals surface area contributed by atoms with Gasteiger partial charge >= 0.3 is 0 Å². The van der Waals surface area contributed by atoms with Crippen molar-refractivity contribution in [3.63, 3.8) is 0 Å². The number of hydrogen-bond acceptors (Lipinski definition) is 3. The molecule has 1 N–H and O–H groups in total. The summed E-state index contributed by atoms with van der Waals surface area (Å²) in [6, 6.07) is 14.2. The molecule has 5 rings (SSSR count). The van der Waals surface area contributed by atoms with Crippen LogP contribution < -0.4 is 0 Å². The van der Waals surface area contributed by atoms with Gasteiger partial charge in [0.15, 0.2) is 5.78 Å². The molecule has 1 aromatic heterocycles. The van der Waals surface area contributed by atoms with E-state index in [2.05, 4.69) is 22.9 Å². The Bertz CT molecular complexity index is 1180. The topological polar surface area (TPSA) is 56.4 Å². The number of halogens is 1. The first kappa shape index (κ1) is 22.8. The van der Waals surface area contributed by atoms with Gasteiger partial charge in [-0.25, -0.2) is 4.39 Å². The highest BCUT2D eigenvalue weighted by Gasteiger charge is 2.31. The summed E-state index contributed by atoms with van der Waals surface area (Å²) in [4.78, 5) is 33.8. The van der Waals surface area contributed by atoms with Crippen LogP contribution in [0.3, 0.4) is 0 Å². The van der Waals surface area contributed by atoms with Crippen molar-refractivity contribution < 1.29 is 14.0 Å². The Balaban J connectivity index is 1.14. The number of H-pyrrole nitrogens is 1. The molecule has 34 heavy (non-hydrogen) atoms. The van der Waals surface area contributed by atoms with Gasteiger partial charge in [-0.2, -0.15) is 0 Å². The van der Waals surface area contributed by atoms with E-state index in [0.717, 1.165) is 74.7 Å². The SMILES string of the molecule is Cc1cccc2cc(C(=O)N3CCC[C@H]3CCN3CCC(C(=O)c4ccc(F)cc4)CC3)[nH]c12. The second-order valence-corrected chi connectivity index (χ2v) is 9.79. The summed E-state index contributed by atoms with van der Waals surface area (Å²) in [6.45, 7) is 5.59. The molecule has 0 radical (unpaired) electrons. The number of para-hydroxylation sites is 1. The third-order valence-corrected chi connectivity index (χ3v) is 7.60. The second kappa shape index (κ2) is 9.71. The van der Waals surface area contributed by atoms with Gasteiger partial charge < -0.3 is 14.8 Å². The van der Waals surface area contributed by atoms with E-state index < -0.39 is 0 Å². The van der Waals surface area contributed by atoms with Gasteiger partial charge in [-0.1, -0.05) is 18.2 Å². The fraction of sp³-hybridized carbons (Fsp3) is 0.429. The molecule has 178 valence electrons. The van der Waals surface area contributed by atoms with Crippen molar-refractivity contribution in [2.45, 2.75) is 45.1 Å². The van der Waals surface area contributed by atoms with E-state index in [-0.39, 0.29) is 29.5 Å². The van der Waals surface area contributed by atoms with E-state index in [1.54, 1.807) is 12.1 Å². The number of fused-ring (bicyclic) bond motifs is 1. The number of benzene rings is 2. The Hall–Kier alpha value is -2.99. The highest BCUT2D eigenvalue weighted by molar-refractivity contribution is 5.99. The third-order valence-electron chi connectivity index (χ3n) is 7.60. The quantitative estimate of drug-likeness (QED) is 0.513. The van der Waals surface area contributed by atoms with Gasteiger partial charge in [-0.05, 0) is 88.0 Å². The highest BCUT2D eigenvalue weighted by atomic mass is 19.1. The van der Waals surface area contributed by atoms with Crippen molar-refractivity contribution in [3.05, 3.63) is 71.2 Å². The normalized spacial score (nSPS) is 19.7. The molecule has 6 heteroatoms. The summed E-state index contributed by atoms with van der Waals surface area (Å²) < 4.78 is 13.2. The fourth-order valence-electron chi connectivity index (χ4n) is 5.58. The molecular weight excluding hydrogens is 429 g/mol. The number of likely N-dealkylation sites (tertiary alicyclic amines) is 2. The molecule has 0 spiro atoms. The fourth-order valence-corrected chi connectivity index (χ4v) is 5.58. The number of aromatic nitrogens is 1. The number of amides is 1. The van der Waals surface area contributed by atoms with Crippen LogP contribution in [0, 0.1) is 18.7 Å². The third kappa shape index (κ3) is 4.64. The van der Waals surface area contributed by atoms with Gasteiger partial charge in [-0.15, -0.1) is 0 Å². The Morgan fingerprint density at radius 3 is 2.53 bits per heavy atom. The Kier molecular flexibility index (Phi) is 6.50. The number of carbonyl (C=O) groups excluding carboxylic acids is 2. The van der Waals surface area contributed by atoms with Crippen molar-refractivity contribution in [1.29, 1.82) is 0 Å². The Morgan fingerprint density at radius 1 is 1.03 bits per heavy atom. The first-order chi connectivity index (χ1) is 16.5. The average Bonchev–Trinajstić information content (AvgIpc) is 3.51. The Labute approximate surface area is 199 Å². The van der Waals surface area contributed by atoms with E-state index in [9.17, 15) is 14.0 Å². The lowest BCUT2D eigenvalue weighted by Crippen LogP contribution is -2.41. The van der Waals surface area contributed by atoms with Crippen molar-refractivity contribution in [1.82, 2.24) is 14.8 Å². The zero-order valence-corrected chi connectivity index (χ0v) is 19.7. The number of hydrogen-bond donors (Lipinski definition) is 1. The molecule has 1 atom stereocenters. The van der Waals surface area contributed by atoms with E-state index in [1.807, 2.05) is 23.1 Å². The summed E-state index contributed by atoms with van der Waals surface area (Å²) in [6.07, 6.45) is 4.71. The lowest BCUT2D eigenvalue weighted by atomic mass is 9.88. The number of ketones is 1. The van der Waals surface area contributed by atoms with Crippen LogP contribution in [0.1, 0.15) is 58.5 Å². The predicted molar refractivity (Wildman–Crippen MR) is 132 cm³/mol. The van der Waals surface area contributed by atoms with E-state index in [0.29, 0.717) is 11.3 Å². The van der Waals surface area contributed by atoms with Crippen molar-refractivity contribution >= 4 is 22.6 Å². The van der Waals surface area contributed by atoms with Crippen molar-refractivity contribution in [2.24, 2.45) is 5.92 Å². The maximum atomic E-state index is 13.3. The molecule has 5 nitrogen and oxygen atoms in total. The first-order valence-electron chi connectivity index (χ1n) is 12.4. The van der Waals surface area contributed by atoms with Gasteiger partial charge in [0.1, 0.15) is 11.5 Å². The van der Waals surface area contributed by atoms with Gasteiger partial charge in [0.2, 0.25) is 0 Å². The van der Waals surface area contributed by atoms with Crippen LogP contribution in [-0.2, 0) is 0 Å². The van der Waals surface area contributed by atoms with Crippen LogP contribution in [0.4, 0.5) is 4.39 Å². The number of aromatic amines is 1. The minimum Gasteiger partial charge on any atom is -0.350 e. The number of nitrogens with zero attached hydrogens (tertiary/aromatic N) is 2. The predicted octanol–water partition coefficient (Wildman–Crippen LogP) is 5.21. The Morgan fingerprint density at radius 2 is 1.79 bits per heavy atom. The molecule has 0 aliphatic carbocycles. The minimum absolute atomic E-state index is 0.0109. The zero-order chi connectivity index (χ0) is 23.7. The summed E-state index contributed by atoms with van der Waals surface area (Å²) in [7, 11) is 0. The van der Waals surface area contributed by atoms with Crippen LogP contribution in [0.2, 0.25) is 0 Å². The average molecular weight is 462 g/mol. The van der Waals surface area contributed by atoms with Crippen LogP contribution in [0.15, 0.2) is 48.5 Å². The minimum atomic E-state index is -0.314. The number of carbonyl (C=O) groups is 2. The molecule has 2 saturated heterocycles. The van der Waals surface area contributed by atoms with Crippen LogP contribution in [0.5, 0.6) is 0 Å². The molecule has 0 unspecified atom stereocenters. The molecular formula is C28H32FN3O2. The number of rotatable bonds is 6. The molecule has 0 bridgehead atoms. The monoisotopic (exact) mass is 461 g/mol. The van der Waals surface area contributed by atoms with E-state index in [4.69, 9.17) is 0 Å². The number of aryl methyl sites for hydroxylation is 1. The lowest BCUT2D eigenvalue weighted by molar-refractivity contribution is 0.0700. The van der Waals surface area contributed by atoms with Gasteiger partial charge in [0.25, 0.3) is 5.91 Å². The van der Waals surface area contributed by atoms with E-state index >= 15 is 0 Å². The molecule has 2 aliphatic heterocycles. The standard InChI is InChI=1S/C28H32FN3O2/c1-19-4-2-5-22-18-25(30-26(19)22)28(34)32-14-3-6-24(32)13-17-31-15-11-21(12-16-31)27(33)20-7-9-23(29)10-8-20/h2,4-5,7-10,18,21,24,30H,3,6,11-17H2,1H3/t24-/m0/s1. The lowest BCUT2D eigenvalue weighted by Gasteiger charge is -2.33. The zero-order valence-electron chi connectivity index (χ0n) is 19.7. The maximum absolute atomic E-state index is 13.3.